The Hall–Kier alpha value is -1.58. The lowest BCUT2D eigenvalue weighted by molar-refractivity contribution is 0.940. The molecule has 0 spiro atoms. The average Bonchev–Trinajstić information content (AvgIpc) is 2.63. The molecule has 0 bridgehead atoms. The average molecular weight is 176 g/mol. The van der Waals surface area contributed by atoms with Crippen LogP contribution in [0.5, 0.6) is 0 Å². The molecule has 0 aliphatic heterocycles. The number of hydrogen-bond donors (Lipinski definition) is 1. The summed E-state index contributed by atoms with van der Waals surface area (Å²) in [6, 6.07) is 2.00. The van der Waals surface area contributed by atoms with Gasteiger partial charge in [-0.1, -0.05) is 0 Å². The Labute approximate surface area is 76.6 Å². The summed E-state index contributed by atoms with van der Waals surface area (Å²) in [7, 11) is 2.02. The summed E-state index contributed by atoms with van der Waals surface area (Å²) in [6.45, 7) is 3.04. The second-order valence-electron chi connectivity index (χ2n) is 2.95. The molecule has 0 radical (unpaired) electrons. The minimum atomic E-state index is 0.894. The fourth-order valence-electron chi connectivity index (χ4n) is 1.31. The molecule has 0 aromatic carbocycles. The molecular formula is C9H12N4. The molecule has 0 unspecified atom stereocenters. The molecule has 0 aliphatic carbocycles. The van der Waals surface area contributed by atoms with Crippen molar-refractivity contribution in [3.8, 4) is 0 Å². The van der Waals surface area contributed by atoms with E-state index in [9.17, 15) is 0 Å². The molecule has 0 amide bonds. The highest BCUT2D eigenvalue weighted by molar-refractivity contribution is 5.87. The number of aromatic nitrogens is 3. The molecule has 2 rings (SSSR count). The summed E-state index contributed by atoms with van der Waals surface area (Å²) < 4.78 is 0. The maximum atomic E-state index is 4.24. The van der Waals surface area contributed by atoms with Crippen molar-refractivity contribution in [2.75, 3.05) is 18.5 Å². The Kier molecular flexibility index (Phi) is 1.88. The van der Waals surface area contributed by atoms with Crippen molar-refractivity contribution in [2.45, 2.75) is 6.92 Å². The monoisotopic (exact) mass is 176 g/mol. The molecule has 13 heavy (non-hydrogen) atoms. The number of hydrogen-bond acceptors (Lipinski definition) is 3. The first kappa shape index (κ1) is 8.04. The minimum absolute atomic E-state index is 0.894. The summed E-state index contributed by atoms with van der Waals surface area (Å²) in [5.41, 5.74) is 0.894. The number of fused-ring (bicyclic) bond motifs is 1. The molecule has 0 atom stereocenters. The predicted molar refractivity (Wildman–Crippen MR) is 52.8 cm³/mol. The van der Waals surface area contributed by atoms with Crippen molar-refractivity contribution < 1.29 is 0 Å². The summed E-state index contributed by atoms with van der Waals surface area (Å²) in [4.78, 5) is 13.5. The van der Waals surface area contributed by atoms with Crippen LogP contribution in [0, 0.1) is 0 Å². The highest BCUT2D eigenvalue weighted by Gasteiger charge is 2.06. The quantitative estimate of drug-likeness (QED) is 0.752. The van der Waals surface area contributed by atoms with E-state index >= 15 is 0 Å². The zero-order valence-electron chi connectivity index (χ0n) is 7.78. The van der Waals surface area contributed by atoms with E-state index in [0.717, 1.165) is 23.4 Å². The van der Waals surface area contributed by atoms with Crippen molar-refractivity contribution in [3.63, 3.8) is 0 Å². The van der Waals surface area contributed by atoms with Crippen LogP contribution in [-0.4, -0.2) is 28.5 Å². The number of anilines is 1. The maximum absolute atomic E-state index is 4.24. The lowest BCUT2D eigenvalue weighted by Gasteiger charge is -2.15. The number of H-pyrrole nitrogens is 1. The molecule has 1 N–H and O–H groups in total. The third kappa shape index (κ3) is 1.24. The second-order valence-corrected chi connectivity index (χ2v) is 2.95. The van der Waals surface area contributed by atoms with Crippen LogP contribution in [0.2, 0.25) is 0 Å². The SMILES string of the molecule is CCN(C)c1ncnc2[nH]ccc12. The number of nitrogens with zero attached hydrogens (tertiary/aromatic N) is 3. The van der Waals surface area contributed by atoms with Gasteiger partial charge >= 0.3 is 0 Å². The van der Waals surface area contributed by atoms with Crippen LogP contribution in [0.15, 0.2) is 18.6 Å². The standard InChI is InChI=1S/C9H12N4/c1-3-13(2)9-7-4-5-10-8(7)11-6-12-9/h4-6H,3H2,1-2H3,(H,10,11,12). The van der Waals surface area contributed by atoms with Crippen LogP contribution in [-0.2, 0) is 0 Å². The third-order valence-electron chi connectivity index (χ3n) is 2.17. The Morgan fingerprint density at radius 1 is 1.46 bits per heavy atom. The fourth-order valence-corrected chi connectivity index (χ4v) is 1.31. The van der Waals surface area contributed by atoms with Crippen LogP contribution < -0.4 is 4.90 Å². The van der Waals surface area contributed by atoms with Crippen molar-refractivity contribution in [1.29, 1.82) is 0 Å². The first-order chi connectivity index (χ1) is 6.33. The summed E-state index contributed by atoms with van der Waals surface area (Å²) in [5, 5.41) is 1.08. The normalized spacial score (nSPS) is 10.6. The first-order valence-electron chi connectivity index (χ1n) is 4.32. The van der Waals surface area contributed by atoms with Gasteiger partial charge in [-0.05, 0) is 13.0 Å². The van der Waals surface area contributed by atoms with Crippen LogP contribution >= 0.6 is 0 Å². The second kappa shape index (κ2) is 3.05. The molecule has 2 aromatic heterocycles. The van der Waals surface area contributed by atoms with E-state index in [1.165, 1.54) is 0 Å². The Morgan fingerprint density at radius 3 is 3.08 bits per heavy atom. The number of aromatic amines is 1. The van der Waals surface area contributed by atoms with E-state index in [2.05, 4.69) is 26.8 Å². The van der Waals surface area contributed by atoms with E-state index in [1.807, 2.05) is 19.3 Å². The summed E-state index contributed by atoms with van der Waals surface area (Å²) >= 11 is 0. The lowest BCUT2D eigenvalue weighted by Crippen LogP contribution is -2.17. The van der Waals surface area contributed by atoms with Gasteiger partial charge in [-0.3, -0.25) is 0 Å². The molecule has 2 aromatic rings. The molecule has 4 heteroatoms. The Balaban J connectivity index is 2.60. The van der Waals surface area contributed by atoms with E-state index in [1.54, 1.807) is 6.33 Å². The van der Waals surface area contributed by atoms with Gasteiger partial charge in [0.1, 0.15) is 17.8 Å². The van der Waals surface area contributed by atoms with Crippen LogP contribution in [0.25, 0.3) is 11.0 Å². The molecular weight excluding hydrogens is 164 g/mol. The van der Waals surface area contributed by atoms with Crippen LogP contribution in [0.4, 0.5) is 5.82 Å². The van der Waals surface area contributed by atoms with E-state index in [4.69, 9.17) is 0 Å². The van der Waals surface area contributed by atoms with Gasteiger partial charge < -0.3 is 9.88 Å². The molecule has 0 saturated carbocycles. The van der Waals surface area contributed by atoms with Gasteiger partial charge in [-0.25, -0.2) is 9.97 Å². The predicted octanol–water partition coefficient (Wildman–Crippen LogP) is 1.41. The number of rotatable bonds is 2. The van der Waals surface area contributed by atoms with Gasteiger partial charge in [-0.15, -0.1) is 0 Å². The third-order valence-corrected chi connectivity index (χ3v) is 2.17. The fraction of sp³-hybridized carbons (Fsp3) is 0.333. The van der Waals surface area contributed by atoms with E-state index < -0.39 is 0 Å². The van der Waals surface area contributed by atoms with Gasteiger partial charge in [0.15, 0.2) is 0 Å². The zero-order valence-corrected chi connectivity index (χ0v) is 7.78. The molecule has 2 heterocycles. The van der Waals surface area contributed by atoms with Crippen molar-refractivity contribution in [1.82, 2.24) is 15.0 Å². The minimum Gasteiger partial charge on any atom is -0.359 e. The molecule has 0 aliphatic rings. The van der Waals surface area contributed by atoms with E-state index in [-0.39, 0.29) is 0 Å². The Bertz CT molecular complexity index is 407. The van der Waals surface area contributed by atoms with Gasteiger partial charge in [0.05, 0.1) is 5.39 Å². The summed E-state index contributed by atoms with van der Waals surface area (Å²) in [5.74, 6) is 0.980. The van der Waals surface area contributed by atoms with E-state index in [0.29, 0.717) is 0 Å². The van der Waals surface area contributed by atoms with Gasteiger partial charge in [0, 0.05) is 19.8 Å². The highest BCUT2D eigenvalue weighted by atomic mass is 15.2. The molecule has 0 fully saturated rings. The van der Waals surface area contributed by atoms with Crippen molar-refractivity contribution in [2.24, 2.45) is 0 Å². The van der Waals surface area contributed by atoms with Crippen LogP contribution in [0.1, 0.15) is 6.92 Å². The smallest absolute Gasteiger partial charge is 0.142 e. The maximum Gasteiger partial charge on any atom is 0.142 e. The lowest BCUT2D eigenvalue weighted by atomic mass is 10.3. The van der Waals surface area contributed by atoms with Gasteiger partial charge in [-0.2, -0.15) is 0 Å². The molecule has 68 valence electrons. The van der Waals surface area contributed by atoms with Gasteiger partial charge in [0.2, 0.25) is 0 Å². The highest BCUT2D eigenvalue weighted by Crippen LogP contribution is 2.19. The molecule has 0 saturated heterocycles. The molecule has 4 nitrogen and oxygen atoms in total. The van der Waals surface area contributed by atoms with Crippen LogP contribution in [0.3, 0.4) is 0 Å². The summed E-state index contributed by atoms with van der Waals surface area (Å²) in [6.07, 6.45) is 3.46. The van der Waals surface area contributed by atoms with Crippen molar-refractivity contribution in [3.05, 3.63) is 18.6 Å². The van der Waals surface area contributed by atoms with Gasteiger partial charge in [0.25, 0.3) is 0 Å². The van der Waals surface area contributed by atoms with Crippen molar-refractivity contribution >= 4 is 16.9 Å². The first-order valence-corrected chi connectivity index (χ1v) is 4.32. The largest absolute Gasteiger partial charge is 0.359 e. The topological polar surface area (TPSA) is 44.8 Å². The number of nitrogens with one attached hydrogen (secondary N) is 1. The Morgan fingerprint density at radius 2 is 2.31 bits per heavy atom. The zero-order chi connectivity index (χ0) is 9.26.